The van der Waals surface area contributed by atoms with E-state index < -0.39 is 0 Å². The van der Waals surface area contributed by atoms with Crippen LogP contribution in [0, 0.1) is 19.8 Å². The molecule has 0 aliphatic carbocycles. The van der Waals surface area contributed by atoms with E-state index in [1.54, 1.807) is 17.9 Å². The van der Waals surface area contributed by atoms with Crippen molar-refractivity contribution >= 4 is 17.5 Å². The molecule has 1 unspecified atom stereocenters. The predicted molar refractivity (Wildman–Crippen MR) is 122 cm³/mol. The molecule has 11 heteroatoms. The minimum atomic E-state index is -0.251. The predicted octanol–water partition coefficient (Wildman–Crippen LogP) is 1.39. The lowest BCUT2D eigenvalue weighted by molar-refractivity contribution is -0.117. The number of hydrogen-bond acceptors (Lipinski definition) is 7. The van der Waals surface area contributed by atoms with E-state index in [4.69, 9.17) is 0 Å². The van der Waals surface area contributed by atoms with Crippen molar-refractivity contribution in [3.63, 3.8) is 0 Å². The molecule has 0 bridgehead atoms. The van der Waals surface area contributed by atoms with Crippen LogP contribution in [-0.2, 0) is 11.3 Å². The van der Waals surface area contributed by atoms with E-state index in [-0.39, 0.29) is 11.8 Å². The van der Waals surface area contributed by atoms with Gasteiger partial charge in [0.25, 0.3) is 5.91 Å². The lowest BCUT2D eigenvalue weighted by Gasteiger charge is -2.32. The second-order valence-electron chi connectivity index (χ2n) is 8.49. The van der Waals surface area contributed by atoms with Gasteiger partial charge in [0.2, 0.25) is 5.91 Å². The summed E-state index contributed by atoms with van der Waals surface area (Å²) in [4.78, 5) is 31.1. The molecular formula is C22H29N9O2. The Morgan fingerprint density at radius 2 is 2.12 bits per heavy atom. The first-order valence-electron chi connectivity index (χ1n) is 11.1. The zero-order valence-electron chi connectivity index (χ0n) is 19.1. The van der Waals surface area contributed by atoms with Crippen LogP contribution in [0.25, 0.3) is 11.4 Å². The number of aromatic nitrogens is 6. The van der Waals surface area contributed by atoms with Crippen LogP contribution in [0.1, 0.15) is 34.7 Å². The maximum atomic E-state index is 12.9. The number of carbonyl (C=O) groups excluding carboxylic acids is 2. The second kappa shape index (κ2) is 9.90. The van der Waals surface area contributed by atoms with E-state index in [0.29, 0.717) is 36.2 Å². The van der Waals surface area contributed by atoms with E-state index in [0.717, 1.165) is 42.9 Å². The molecule has 1 fully saturated rings. The molecule has 3 heterocycles. The maximum Gasteiger partial charge on any atom is 0.273 e. The van der Waals surface area contributed by atoms with E-state index in [1.165, 1.54) is 0 Å². The molecular weight excluding hydrogens is 422 g/mol. The van der Waals surface area contributed by atoms with Crippen molar-refractivity contribution in [2.24, 2.45) is 5.92 Å². The molecule has 3 N–H and O–H groups in total. The van der Waals surface area contributed by atoms with Crippen LogP contribution >= 0.6 is 0 Å². The summed E-state index contributed by atoms with van der Waals surface area (Å²) in [6.45, 7) is 6.44. The van der Waals surface area contributed by atoms with Crippen molar-refractivity contribution in [3.8, 4) is 11.4 Å². The summed E-state index contributed by atoms with van der Waals surface area (Å²) < 4.78 is 1.71. The van der Waals surface area contributed by atoms with E-state index >= 15 is 0 Å². The van der Waals surface area contributed by atoms with Crippen LogP contribution in [0.4, 0.5) is 5.69 Å². The Kier molecular flexibility index (Phi) is 6.78. The van der Waals surface area contributed by atoms with Crippen molar-refractivity contribution in [2.75, 3.05) is 32.0 Å². The van der Waals surface area contributed by atoms with Gasteiger partial charge >= 0.3 is 0 Å². The fourth-order valence-electron chi connectivity index (χ4n) is 4.14. The summed E-state index contributed by atoms with van der Waals surface area (Å²) in [5, 5.41) is 20.7. The van der Waals surface area contributed by atoms with Crippen molar-refractivity contribution in [1.82, 2.24) is 40.4 Å². The van der Waals surface area contributed by atoms with Crippen LogP contribution in [-0.4, -0.2) is 73.6 Å². The van der Waals surface area contributed by atoms with Gasteiger partial charge in [-0.25, -0.2) is 4.98 Å². The molecule has 11 nitrogen and oxygen atoms in total. The lowest BCUT2D eigenvalue weighted by atomic mass is 9.98. The molecule has 4 rings (SSSR count). The van der Waals surface area contributed by atoms with Crippen LogP contribution in [0.15, 0.2) is 24.4 Å². The summed E-state index contributed by atoms with van der Waals surface area (Å²) in [6, 6.07) is 5.84. The number of rotatable bonds is 7. The first-order valence-corrected chi connectivity index (χ1v) is 11.1. The minimum absolute atomic E-state index is 0.0718. The topological polar surface area (TPSA) is 134 Å². The quantitative estimate of drug-likeness (QED) is 0.494. The molecule has 1 aromatic carbocycles. The zero-order chi connectivity index (χ0) is 23.4. The zero-order valence-corrected chi connectivity index (χ0v) is 19.1. The lowest BCUT2D eigenvalue weighted by Crippen LogP contribution is -2.41. The molecule has 33 heavy (non-hydrogen) atoms. The highest BCUT2D eigenvalue weighted by molar-refractivity contribution is 5.96. The molecule has 1 atom stereocenters. The molecule has 1 aliphatic rings. The highest BCUT2D eigenvalue weighted by atomic mass is 16.2. The Bertz CT molecular complexity index is 1140. The first-order chi connectivity index (χ1) is 15.9. The van der Waals surface area contributed by atoms with Gasteiger partial charge in [-0.2, -0.15) is 5.10 Å². The molecule has 174 valence electrons. The molecule has 1 aliphatic heterocycles. The Labute approximate surface area is 192 Å². The number of nitrogens with zero attached hydrogens (tertiary/aromatic N) is 6. The molecule has 0 spiro atoms. The monoisotopic (exact) mass is 451 g/mol. The van der Waals surface area contributed by atoms with Gasteiger partial charge in [0, 0.05) is 25.7 Å². The van der Waals surface area contributed by atoms with Crippen molar-refractivity contribution in [1.29, 1.82) is 0 Å². The molecule has 1 saturated heterocycles. The maximum absolute atomic E-state index is 12.9. The van der Waals surface area contributed by atoms with Crippen LogP contribution < -0.4 is 10.6 Å². The summed E-state index contributed by atoms with van der Waals surface area (Å²) >= 11 is 0. The third-order valence-electron chi connectivity index (χ3n) is 5.70. The second-order valence-corrected chi connectivity index (χ2v) is 8.49. The summed E-state index contributed by atoms with van der Waals surface area (Å²) in [5.41, 5.74) is 2.84. The Balaban J connectivity index is 1.36. The molecule has 3 aromatic rings. The Morgan fingerprint density at radius 1 is 1.27 bits per heavy atom. The fraction of sp³-hybridized carbons (Fsp3) is 0.455. The van der Waals surface area contributed by atoms with E-state index in [2.05, 4.69) is 41.0 Å². The summed E-state index contributed by atoms with van der Waals surface area (Å²) in [7, 11) is 1.57. The van der Waals surface area contributed by atoms with Gasteiger partial charge in [0.1, 0.15) is 5.82 Å². The van der Waals surface area contributed by atoms with Gasteiger partial charge in [0.05, 0.1) is 18.4 Å². The number of nitrogens with one attached hydrogen (secondary N) is 3. The van der Waals surface area contributed by atoms with Gasteiger partial charge in [0.15, 0.2) is 11.5 Å². The number of aromatic amines is 1. The SMILES string of the molecule is CNC(=O)c1cn(CC2CCCN(CC(=O)Nc3cc(C)ccc3-c3n[nH]c(C)n3)C2)nn1. The molecule has 0 radical (unpaired) electrons. The Hall–Kier alpha value is -3.60. The van der Waals surface area contributed by atoms with Gasteiger partial charge < -0.3 is 10.6 Å². The van der Waals surface area contributed by atoms with Gasteiger partial charge in [-0.3, -0.25) is 24.3 Å². The number of anilines is 1. The van der Waals surface area contributed by atoms with Gasteiger partial charge in [-0.1, -0.05) is 11.3 Å². The number of hydrogen-bond donors (Lipinski definition) is 3. The van der Waals surface area contributed by atoms with Crippen molar-refractivity contribution in [3.05, 3.63) is 41.5 Å². The van der Waals surface area contributed by atoms with Gasteiger partial charge in [-0.15, -0.1) is 5.10 Å². The van der Waals surface area contributed by atoms with E-state index in [1.807, 2.05) is 32.0 Å². The van der Waals surface area contributed by atoms with E-state index in [9.17, 15) is 9.59 Å². The number of H-pyrrole nitrogens is 1. The summed E-state index contributed by atoms with van der Waals surface area (Å²) in [6.07, 6.45) is 3.70. The summed E-state index contributed by atoms with van der Waals surface area (Å²) in [5.74, 6) is 1.29. The Morgan fingerprint density at radius 3 is 2.88 bits per heavy atom. The van der Waals surface area contributed by atoms with Gasteiger partial charge in [-0.05, 0) is 56.8 Å². The number of amides is 2. The standard InChI is InChI=1S/C22H29N9O2/c1-14-6-7-17(21-24-15(2)26-28-21)18(9-14)25-20(32)13-30-8-4-5-16(10-30)11-31-12-19(27-29-31)22(33)23-3/h6-7,9,12,16H,4-5,8,10-11,13H2,1-3H3,(H,23,33)(H,25,32)(H,24,26,28). The number of piperidine rings is 1. The molecule has 0 saturated carbocycles. The first kappa shape index (κ1) is 22.6. The average molecular weight is 452 g/mol. The van der Waals surface area contributed by atoms with Crippen LogP contribution in [0.2, 0.25) is 0 Å². The third-order valence-corrected chi connectivity index (χ3v) is 5.70. The number of aryl methyl sites for hydroxylation is 2. The van der Waals surface area contributed by atoms with Crippen LogP contribution in [0.5, 0.6) is 0 Å². The highest BCUT2D eigenvalue weighted by Gasteiger charge is 2.23. The minimum Gasteiger partial charge on any atom is -0.354 e. The molecule has 2 amide bonds. The third kappa shape index (κ3) is 5.61. The average Bonchev–Trinajstić information content (AvgIpc) is 3.42. The number of carbonyl (C=O) groups is 2. The van der Waals surface area contributed by atoms with Crippen molar-refractivity contribution < 1.29 is 9.59 Å². The number of benzene rings is 1. The van der Waals surface area contributed by atoms with Crippen molar-refractivity contribution in [2.45, 2.75) is 33.2 Å². The van der Waals surface area contributed by atoms with Crippen LogP contribution in [0.3, 0.4) is 0 Å². The smallest absolute Gasteiger partial charge is 0.273 e. The molecule has 2 aromatic heterocycles. The highest BCUT2D eigenvalue weighted by Crippen LogP contribution is 2.26. The number of likely N-dealkylation sites (tertiary alicyclic amines) is 1. The fourth-order valence-corrected chi connectivity index (χ4v) is 4.14. The normalized spacial score (nSPS) is 16.5. The largest absolute Gasteiger partial charge is 0.354 e.